The number of anilines is 6. The molecule has 0 unspecified atom stereocenters. The second kappa shape index (κ2) is 15.0. The van der Waals surface area contributed by atoms with Crippen molar-refractivity contribution < 1.29 is 8.83 Å². The first-order valence-electron chi connectivity index (χ1n) is 23.1. The zero-order valence-corrected chi connectivity index (χ0v) is 37.7. The van der Waals surface area contributed by atoms with Crippen molar-refractivity contribution in [2.75, 3.05) is 9.80 Å². The van der Waals surface area contributed by atoms with Crippen LogP contribution in [0.15, 0.2) is 185 Å². The molecule has 0 radical (unpaired) electrons. The molecule has 10 aromatic carbocycles. The summed E-state index contributed by atoms with van der Waals surface area (Å²) < 4.78 is 13.8. The third-order valence-electron chi connectivity index (χ3n) is 13.7. The Morgan fingerprint density at radius 2 is 0.738 bits per heavy atom. The minimum Gasteiger partial charge on any atom is -0.454 e. The van der Waals surface area contributed by atoms with E-state index in [1.165, 1.54) is 38.2 Å². The molecule has 0 fully saturated rings. The molecule has 0 saturated carbocycles. The van der Waals surface area contributed by atoms with E-state index in [0.29, 0.717) is 17.8 Å². The van der Waals surface area contributed by atoms with E-state index < -0.39 is 0 Å². The van der Waals surface area contributed by atoms with Gasteiger partial charge < -0.3 is 18.6 Å². The Kier molecular flexibility index (Phi) is 9.03. The largest absolute Gasteiger partial charge is 0.454 e. The normalized spacial score (nSPS) is 12.3. The van der Waals surface area contributed by atoms with Crippen molar-refractivity contribution in [3.8, 4) is 0 Å². The summed E-state index contributed by atoms with van der Waals surface area (Å²) in [7, 11) is 0. The lowest BCUT2D eigenvalue weighted by Crippen LogP contribution is -2.15. The van der Waals surface area contributed by atoms with Crippen LogP contribution in [0.5, 0.6) is 0 Å². The summed E-state index contributed by atoms with van der Waals surface area (Å²) in [5, 5.41) is 11.7. The molecule has 0 amide bonds. The van der Waals surface area contributed by atoms with E-state index in [0.717, 1.165) is 88.8 Å². The van der Waals surface area contributed by atoms with Gasteiger partial charge in [0.2, 0.25) is 0 Å². The van der Waals surface area contributed by atoms with Crippen molar-refractivity contribution in [2.45, 2.75) is 59.3 Å². The molecule has 0 spiro atoms. The predicted molar refractivity (Wildman–Crippen MR) is 276 cm³/mol. The molecule has 2 aromatic heterocycles. The predicted octanol–water partition coefficient (Wildman–Crippen LogP) is 18.7. The summed E-state index contributed by atoms with van der Waals surface area (Å²) in [5.74, 6) is 1.18. The van der Waals surface area contributed by atoms with Crippen molar-refractivity contribution in [3.63, 3.8) is 0 Å². The number of benzene rings is 10. The number of rotatable bonds is 9. The van der Waals surface area contributed by atoms with Gasteiger partial charge in [0, 0.05) is 49.1 Å². The molecule has 0 N–H and O–H groups in total. The highest BCUT2D eigenvalue weighted by Gasteiger charge is 2.28. The van der Waals surface area contributed by atoms with Crippen LogP contribution in [0, 0.1) is 0 Å². The molecule has 0 bridgehead atoms. The van der Waals surface area contributed by atoms with Crippen molar-refractivity contribution >= 4 is 110 Å². The average molecular weight is 843 g/mol. The molecular weight excluding hydrogens is 793 g/mol. The standard InChI is InChI=1S/C61H50N2O2/c1-36(2)39-21-27-44(28-22-39)62(52-17-11-15-48-46-13-7-9-19-56(46)64-60(48)52)54-35-55(51-32-26-42-34-43(38(5)6)33-41-25-31-50(54)59(51)58(41)42)63(45-29-23-40(24-30-45)37(3)4)53-18-12-16-49-47-14-8-10-20-57(47)65-61(49)53/h7-38H,1-6H3. The van der Waals surface area contributed by atoms with Gasteiger partial charge in [-0.05, 0) is 105 Å². The van der Waals surface area contributed by atoms with Crippen molar-refractivity contribution in [3.05, 3.63) is 193 Å². The third-order valence-corrected chi connectivity index (χ3v) is 13.7. The fourth-order valence-corrected chi connectivity index (χ4v) is 10.3. The average Bonchev–Trinajstić information content (AvgIpc) is 3.91. The Morgan fingerprint density at radius 3 is 1.17 bits per heavy atom. The molecule has 12 aromatic rings. The van der Waals surface area contributed by atoms with Crippen LogP contribution in [0.3, 0.4) is 0 Å². The quantitative estimate of drug-likeness (QED) is 0.136. The van der Waals surface area contributed by atoms with E-state index >= 15 is 0 Å². The van der Waals surface area contributed by atoms with Crippen molar-refractivity contribution in [1.29, 1.82) is 0 Å². The molecule has 12 rings (SSSR count). The minimum absolute atomic E-state index is 0.393. The van der Waals surface area contributed by atoms with Gasteiger partial charge in [0.25, 0.3) is 0 Å². The summed E-state index contributed by atoms with van der Waals surface area (Å²) in [6.45, 7) is 13.6. The second-order valence-corrected chi connectivity index (χ2v) is 18.7. The van der Waals surface area contributed by atoms with Crippen LogP contribution in [0.25, 0.3) is 76.2 Å². The molecule has 0 aliphatic heterocycles. The van der Waals surface area contributed by atoms with E-state index in [-0.39, 0.29) is 0 Å². The van der Waals surface area contributed by atoms with E-state index in [9.17, 15) is 0 Å². The molecule has 4 nitrogen and oxygen atoms in total. The van der Waals surface area contributed by atoms with Gasteiger partial charge in [-0.3, -0.25) is 0 Å². The Morgan fingerprint density at radius 1 is 0.323 bits per heavy atom. The maximum atomic E-state index is 6.89. The highest BCUT2D eigenvalue weighted by molar-refractivity contribution is 6.29. The number of hydrogen-bond donors (Lipinski definition) is 0. The molecule has 0 atom stereocenters. The minimum atomic E-state index is 0.393. The zero-order valence-electron chi connectivity index (χ0n) is 37.7. The van der Waals surface area contributed by atoms with Gasteiger partial charge in [-0.1, -0.05) is 163 Å². The fraction of sp³-hybridized carbons (Fsp3) is 0.148. The molecule has 65 heavy (non-hydrogen) atoms. The molecular formula is C61H50N2O2. The molecule has 4 heteroatoms. The van der Waals surface area contributed by atoms with Crippen LogP contribution < -0.4 is 9.80 Å². The molecule has 0 aliphatic carbocycles. The lowest BCUT2D eigenvalue weighted by molar-refractivity contribution is 0.669. The van der Waals surface area contributed by atoms with Gasteiger partial charge >= 0.3 is 0 Å². The summed E-state index contributed by atoms with van der Waals surface area (Å²) in [5.41, 5.74) is 13.5. The van der Waals surface area contributed by atoms with E-state index in [2.05, 4.69) is 227 Å². The summed E-state index contributed by atoms with van der Waals surface area (Å²) in [6.07, 6.45) is 0. The third kappa shape index (κ3) is 6.19. The molecule has 0 saturated heterocycles. The van der Waals surface area contributed by atoms with E-state index in [1.807, 2.05) is 0 Å². The van der Waals surface area contributed by atoms with Crippen LogP contribution in [0.1, 0.15) is 76.0 Å². The van der Waals surface area contributed by atoms with Crippen molar-refractivity contribution in [2.24, 2.45) is 0 Å². The Hall–Kier alpha value is -7.56. The Labute approximate surface area is 379 Å². The van der Waals surface area contributed by atoms with E-state index in [1.54, 1.807) is 0 Å². The molecule has 316 valence electrons. The second-order valence-electron chi connectivity index (χ2n) is 18.7. The van der Waals surface area contributed by atoms with Gasteiger partial charge in [-0.25, -0.2) is 0 Å². The molecule has 0 aliphatic rings. The number of hydrogen-bond acceptors (Lipinski definition) is 4. The fourth-order valence-electron chi connectivity index (χ4n) is 10.3. The number of fused-ring (bicyclic) bond motifs is 6. The molecule has 2 heterocycles. The first-order valence-corrected chi connectivity index (χ1v) is 23.1. The van der Waals surface area contributed by atoms with Gasteiger partial charge in [-0.2, -0.15) is 0 Å². The van der Waals surface area contributed by atoms with Gasteiger partial charge in [0.05, 0.1) is 22.7 Å². The highest BCUT2D eigenvalue weighted by Crippen LogP contribution is 2.53. The number of para-hydroxylation sites is 4. The van der Waals surface area contributed by atoms with Crippen LogP contribution in [0.2, 0.25) is 0 Å². The SMILES string of the molecule is CC(C)c1ccc(N(c2cc(N(c3ccc(C(C)C)cc3)c3cccc4c3oc3ccccc34)c3ccc4cc(C(C)C)cc5ccc2c3c54)c2cccc3c2oc2ccccc23)cc1. The Bertz CT molecular complexity index is 3520. The van der Waals surface area contributed by atoms with Gasteiger partial charge in [-0.15, -0.1) is 0 Å². The van der Waals surface area contributed by atoms with Crippen LogP contribution in [-0.2, 0) is 0 Å². The summed E-state index contributed by atoms with van der Waals surface area (Å²) >= 11 is 0. The zero-order chi connectivity index (χ0) is 44.1. The first-order chi connectivity index (χ1) is 31.7. The lowest BCUT2D eigenvalue weighted by atomic mass is 9.88. The maximum Gasteiger partial charge on any atom is 0.159 e. The van der Waals surface area contributed by atoms with E-state index in [4.69, 9.17) is 8.83 Å². The van der Waals surface area contributed by atoms with Crippen LogP contribution in [0.4, 0.5) is 34.1 Å². The number of nitrogens with zero attached hydrogens (tertiary/aromatic N) is 2. The smallest absolute Gasteiger partial charge is 0.159 e. The maximum absolute atomic E-state index is 6.89. The summed E-state index contributed by atoms with van der Waals surface area (Å²) in [4.78, 5) is 4.87. The number of furan rings is 2. The monoisotopic (exact) mass is 842 g/mol. The first kappa shape index (κ1) is 39.1. The van der Waals surface area contributed by atoms with Gasteiger partial charge in [0.15, 0.2) is 11.2 Å². The lowest BCUT2D eigenvalue weighted by Gasteiger charge is -2.32. The summed E-state index contributed by atoms with van der Waals surface area (Å²) in [6, 6.07) is 64.7. The topological polar surface area (TPSA) is 32.8 Å². The van der Waals surface area contributed by atoms with Crippen LogP contribution >= 0.6 is 0 Å². The van der Waals surface area contributed by atoms with Gasteiger partial charge in [0.1, 0.15) is 11.2 Å². The highest BCUT2D eigenvalue weighted by atomic mass is 16.3. The van der Waals surface area contributed by atoms with Crippen molar-refractivity contribution in [1.82, 2.24) is 0 Å². The van der Waals surface area contributed by atoms with Crippen LogP contribution in [-0.4, -0.2) is 0 Å². The Balaban J connectivity index is 1.24.